The second kappa shape index (κ2) is 7.16. The summed E-state index contributed by atoms with van der Waals surface area (Å²) in [6.07, 6.45) is 2.18. The number of ether oxygens (including phenoxy) is 1. The standard InChI is InChI=1S/C19H21N3O2S/c1-12-7-9-22(10-8-12)19-15(11-20)16(17(25-19)18(21)23)13-3-5-14(24-2)6-4-13/h3-6,12H,7-10H2,1-2H3,(H2,21,23). The van der Waals surface area contributed by atoms with Gasteiger partial charge >= 0.3 is 0 Å². The third kappa shape index (κ3) is 3.33. The Hall–Kier alpha value is -2.52. The number of carbonyl (C=O) groups is 1. The van der Waals surface area contributed by atoms with Crippen LogP contribution in [0.3, 0.4) is 0 Å². The van der Waals surface area contributed by atoms with Gasteiger partial charge in [-0.05, 0) is 36.5 Å². The molecule has 0 bridgehead atoms. The molecule has 1 amide bonds. The van der Waals surface area contributed by atoms with E-state index in [0.29, 0.717) is 21.9 Å². The van der Waals surface area contributed by atoms with E-state index in [9.17, 15) is 10.1 Å². The van der Waals surface area contributed by atoms with Crippen molar-refractivity contribution in [2.24, 2.45) is 11.7 Å². The Morgan fingerprint density at radius 1 is 1.32 bits per heavy atom. The van der Waals surface area contributed by atoms with Crippen molar-refractivity contribution in [3.63, 3.8) is 0 Å². The van der Waals surface area contributed by atoms with E-state index in [1.807, 2.05) is 24.3 Å². The van der Waals surface area contributed by atoms with Crippen LogP contribution in [-0.4, -0.2) is 26.1 Å². The van der Waals surface area contributed by atoms with Crippen molar-refractivity contribution in [3.8, 4) is 22.9 Å². The molecule has 2 heterocycles. The molecule has 0 saturated carbocycles. The largest absolute Gasteiger partial charge is 0.497 e. The molecule has 1 aliphatic rings. The van der Waals surface area contributed by atoms with Gasteiger partial charge in [-0.2, -0.15) is 5.26 Å². The summed E-state index contributed by atoms with van der Waals surface area (Å²) in [4.78, 5) is 14.7. The van der Waals surface area contributed by atoms with Crippen molar-refractivity contribution in [3.05, 3.63) is 34.7 Å². The Morgan fingerprint density at radius 3 is 2.48 bits per heavy atom. The molecule has 1 aliphatic heterocycles. The van der Waals surface area contributed by atoms with Gasteiger partial charge in [0.2, 0.25) is 0 Å². The number of anilines is 1. The number of piperidine rings is 1. The molecule has 5 nitrogen and oxygen atoms in total. The lowest BCUT2D eigenvalue weighted by Crippen LogP contribution is -2.32. The molecule has 3 rings (SSSR count). The lowest BCUT2D eigenvalue weighted by Gasteiger charge is -2.31. The molecule has 1 aromatic heterocycles. The third-order valence-electron chi connectivity index (χ3n) is 4.67. The molecule has 130 valence electrons. The minimum Gasteiger partial charge on any atom is -0.497 e. The summed E-state index contributed by atoms with van der Waals surface area (Å²) in [7, 11) is 1.60. The molecular weight excluding hydrogens is 334 g/mol. The average Bonchev–Trinajstić information content (AvgIpc) is 3.02. The maximum atomic E-state index is 12.0. The Bertz CT molecular complexity index is 812. The van der Waals surface area contributed by atoms with Crippen molar-refractivity contribution in [1.29, 1.82) is 5.26 Å². The van der Waals surface area contributed by atoms with Crippen LogP contribution >= 0.6 is 11.3 Å². The number of nitrogens with two attached hydrogens (primary N) is 1. The molecule has 25 heavy (non-hydrogen) atoms. The fraction of sp³-hybridized carbons (Fsp3) is 0.368. The van der Waals surface area contributed by atoms with Gasteiger partial charge < -0.3 is 15.4 Å². The molecule has 1 saturated heterocycles. The fourth-order valence-corrected chi connectivity index (χ4v) is 4.34. The number of benzene rings is 1. The number of amides is 1. The van der Waals surface area contributed by atoms with Crippen LogP contribution in [0, 0.1) is 17.2 Å². The molecular formula is C19H21N3O2S. The zero-order chi connectivity index (χ0) is 18.0. The number of hydrogen-bond acceptors (Lipinski definition) is 5. The molecule has 0 aliphatic carbocycles. The van der Waals surface area contributed by atoms with Crippen LogP contribution in [0.5, 0.6) is 5.75 Å². The van der Waals surface area contributed by atoms with Crippen molar-refractivity contribution < 1.29 is 9.53 Å². The number of carbonyl (C=O) groups excluding carboxylic acids is 1. The predicted octanol–water partition coefficient (Wildman–Crippen LogP) is 3.63. The molecule has 0 spiro atoms. The first-order valence-electron chi connectivity index (χ1n) is 8.31. The van der Waals surface area contributed by atoms with E-state index >= 15 is 0 Å². The maximum absolute atomic E-state index is 12.0. The van der Waals surface area contributed by atoms with Gasteiger partial charge in [-0.15, -0.1) is 11.3 Å². The van der Waals surface area contributed by atoms with E-state index in [-0.39, 0.29) is 0 Å². The first-order valence-corrected chi connectivity index (χ1v) is 9.12. The quantitative estimate of drug-likeness (QED) is 0.908. The molecule has 6 heteroatoms. The van der Waals surface area contributed by atoms with Crippen LogP contribution in [0.15, 0.2) is 24.3 Å². The van der Waals surface area contributed by atoms with E-state index in [0.717, 1.165) is 42.2 Å². The molecule has 2 aromatic rings. The van der Waals surface area contributed by atoms with Gasteiger partial charge in [0.1, 0.15) is 21.7 Å². The minimum absolute atomic E-state index is 0.440. The summed E-state index contributed by atoms with van der Waals surface area (Å²) in [5.74, 6) is 0.922. The number of nitrogens with zero attached hydrogens (tertiary/aromatic N) is 2. The Balaban J connectivity index is 2.10. The van der Waals surface area contributed by atoms with Crippen molar-refractivity contribution >= 4 is 22.2 Å². The molecule has 1 aromatic carbocycles. The molecule has 0 unspecified atom stereocenters. The molecule has 2 N–H and O–H groups in total. The zero-order valence-corrected chi connectivity index (χ0v) is 15.2. The second-order valence-electron chi connectivity index (χ2n) is 6.36. The minimum atomic E-state index is -0.496. The van der Waals surface area contributed by atoms with Gasteiger partial charge in [-0.1, -0.05) is 19.1 Å². The fourth-order valence-electron chi connectivity index (χ4n) is 3.16. The van der Waals surface area contributed by atoms with Crippen LogP contribution < -0.4 is 15.4 Å². The third-order valence-corrected chi connectivity index (χ3v) is 5.94. The van der Waals surface area contributed by atoms with Crippen molar-refractivity contribution in [2.45, 2.75) is 19.8 Å². The van der Waals surface area contributed by atoms with Gasteiger partial charge in [0.25, 0.3) is 5.91 Å². The zero-order valence-electron chi connectivity index (χ0n) is 14.4. The molecule has 0 atom stereocenters. The number of hydrogen-bond donors (Lipinski definition) is 1. The normalized spacial score (nSPS) is 15.0. The van der Waals surface area contributed by atoms with Crippen LogP contribution in [0.2, 0.25) is 0 Å². The van der Waals surface area contributed by atoms with E-state index in [2.05, 4.69) is 17.9 Å². The van der Waals surface area contributed by atoms with E-state index in [4.69, 9.17) is 10.5 Å². The highest BCUT2D eigenvalue weighted by molar-refractivity contribution is 7.18. The highest BCUT2D eigenvalue weighted by Crippen LogP contribution is 2.43. The van der Waals surface area contributed by atoms with E-state index in [1.54, 1.807) is 7.11 Å². The summed E-state index contributed by atoms with van der Waals surface area (Å²) >= 11 is 1.33. The second-order valence-corrected chi connectivity index (χ2v) is 7.36. The lowest BCUT2D eigenvalue weighted by molar-refractivity contribution is 0.100. The van der Waals surface area contributed by atoms with E-state index in [1.165, 1.54) is 11.3 Å². The van der Waals surface area contributed by atoms with E-state index < -0.39 is 5.91 Å². The van der Waals surface area contributed by atoms with Crippen LogP contribution in [0.4, 0.5) is 5.00 Å². The topological polar surface area (TPSA) is 79.3 Å². The van der Waals surface area contributed by atoms with Crippen molar-refractivity contribution in [2.75, 3.05) is 25.1 Å². The van der Waals surface area contributed by atoms with Gasteiger partial charge in [-0.25, -0.2) is 0 Å². The SMILES string of the molecule is COc1ccc(-c2c(C(N)=O)sc(N3CCC(C)CC3)c2C#N)cc1. The van der Waals surface area contributed by atoms with Gasteiger partial charge in [0, 0.05) is 18.7 Å². The smallest absolute Gasteiger partial charge is 0.259 e. The first kappa shape index (κ1) is 17.3. The number of methoxy groups -OCH3 is 1. The van der Waals surface area contributed by atoms with Crippen LogP contribution in [0.25, 0.3) is 11.1 Å². The number of primary amides is 1. The monoisotopic (exact) mass is 355 g/mol. The first-order chi connectivity index (χ1) is 12.0. The summed E-state index contributed by atoms with van der Waals surface area (Å²) in [5, 5.41) is 10.6. The Kier molecular flexibility index (Phi) is 4.95. The maximum Gasteiger partial charge on any atom is 0.259 e. The van der Waals surface area contributed by atoms with Gasteiger partial charge in [0.05, 0.1) is 12.7 Å². The van der Waals surface area contributed by atoms with Crippen LogP contribution in [0.1, 0.15) is 35.0 Å². The summed E-state index contributed by atoms with van der Waals surface area (Å²) in [6.45, 7) is 4.04. The lowest BCUT2D eigenvalue weighted by atomic mass is 9.98. The van der Waals surface area contributed by atoms with Crippen LogP contribution in [-0.2, 0) is 0 Å². The molecule has 0 radical (unpaired) electrons. The summed E-state index contributed by atoms with van der Waals surface area (Å²) < 4.78 is 5.19. The molecule has 1 fully saturated rings. The Labute approximate surface area is 151 Å². The van der Waals surface area contributed by atoms with Gasteiger partial charge in [0.15, 0.2) is 0 Å². The summed E-state index contributed by atoms with van der Waals surface area (Å²) in [5.41, 5.74) is 7.60. The number of rotatable bonds is 4. The number of thiophene rings is 1. The van der Waals surface area contributed by atoms with Gasteiger partial charge in [-0.3, -0.25) is 4.79 Å². The average molecular weight is 355 g/mol. The highest BCUT2D eigenvalue weighted by atomic mass is 32.1. The highest BCUT2D eigenvalue weighted by Gasteiger charge is 2.27. The predicted molar refractivity (Wildman–Crippen MR) is 100 cm³/mol. The Morgan fingerprint density at radius 2 is 1.96 bits per heavy atom. The van der Waals surface area contributed by atoms with Crippen molar-refractivity contribution in [1.82, 2.24) is 0 Å². The number of nitriles is 1. The summed E-state index contributed by atoms with van der Waals surface area (Å²) in [6, 6.07) is 9.66.